The van der Waals surface area contributed by atoms with Gasteiger partial charge in [0.25, 0.3) is 0 Å². The summed E-state index contributed by atoms with van der Waals surface area (Å²) in [5.41, 5.74) is 0. The highest BCUT2D eigenvalue weighted by Crippen LogP contribution is 2.14. The maximum Gasteiger partial charge on any atom is 0.407 e. The van der Waals surface area contributed by atoms with Crippen molar-refractivity contribution in [2.75, 3.05) is 39.8 Å². The van der Waals surface area contributed by atoms with Crippen molar-refractivity contribution in [3.05, 3.63) is 0 Å². The van der Waals surface area contributed by atoms with E-state index in [-0.39, 0.29) is 6.09 Å². The fourth-order valence-corrected chi connectivity index (χ4v) is 2.56. The molecule has 1 amide bonds. The minimum atomic E-state index is -0.315. The van der Waals surface area contributed by atoms with E-state index in [1.54, 1.807) is 7.05 Å². The molecular weight excluding hydrogens is 252 g/mol. The van der Waals surface area contributed by atoms with Gasteiger partial charge in [0.05, 0.1) is 19.6 Å². The molecule has 0 heterocycles. The second-order valence-corrected chi connectivity index (χ2v) is 5.68. The number of rotatable bonds is 12. The van der Waals surface area contributed by atoms with Gasteiger partial charge in [0.1, 0.15) is 13.2 Å². The Hall–Kier alpha value is -0.770. The van der Waals surface area contributed by atoms with Gasteiger partial charge in [-0.2, -0.15) is 0 Å². The topological polar surface area (TPSA) is 38.3 Å². The molecule has 0 aromatic carbocycles. The molecule has 0 saturated carbocycles. The highest BCUT2D eigenvalue weighted by Gasteiger charge is 2.25. The molecule has 0 aliphatic heterocycles. The summed E-state index contributed by atoms with van der Waals surface area (Å²) in [5.74, 6) is 0. The summed E-state index contributed by atoms with van der Waals surface area (Å²) < 4.78 is 6.34. The third-order valence-corrected chi connectivity index (χ3v) is 3.96. The van der Waals surface area contributed by atoms with E-state index in [2.05, 4.69) is 26.1 Å². The number of quaternary nitrogens is 1. The number of amides is 1. The van der Waals surface area contributed by atoms with E-state index in [0.717, 1.165) is 11.0 Å². The Morgan fingerprint density at radius 2 is 1.35 bits per heavy atom. The van der Waals surface area contributed by atoms with E-state index in [0.29, 0.717) is 6.61 Å². The average molecular weight is 287 g/mol. The Morgan fingerprint density at radius 1 is 0.900 bits per heavy atom. The molecule has 0 rings (SSSR count). The summed E-state index contributed by atoms with van der Waals surface area (Å²) in [5, 5.41) is 2.51. The minimum absolute atomic E-state index is 0.315. The molecule has 20 heavy (non-hydrogen) atoms. The van der Waals surface area contributed by atoms with E-state index < -0.39 is 0 Å². The van der Waals surface area contributed by atoms with Crippen molar-refractivity contribution < 1.29 is 14.0 Å². The van der Waals surface area contributed by atoms with E-state index in [1.165, 1.54) is 58.2 Å². The maximum atomic E-state index is 11.2. The van der Waals surface area contributed by atoms with E-state index in [9.17, 15) is 4.79 Å². The highest BCUT2D eigenvalue weighted by atomic mass is 16.5. The first kappa shape index (κ1) is 19.2. The number of nitrogens with zero attached hydrogens (tertiary/aromatic N) is 1. The van der Waals surface area contributed by atoms with Crippen molar-refractivity contribution in [1.29, 1.82) is 0 Å². The van der Waals surface area contributed by atoms with Crippen LogP contribution in [0.1, 0.15) is 59.3 Å². The summed E-state index contributed by atoms with van der Waals surface area (Å²) in [7, 11) is 1.61. The van der Waals surface area contributed by atoms with Gasteiger partial charge >= 0.3 is 6.09 Å². The summed E-state index contributed by atoms with van der Waals surface area (Å²) >= 11 is 0. The van der Waals surface area contributed by atoms with Gasteiger partial charge in [-0.1, -0.05) is 40.0 Å². The minimum Gasteiger partial charge on any atom is -0.444 e. The molecule has 0 saturated heterocycles. The molecule has 1 N–H and O–H groups in total. The van der Waals surface area contributed by atoms with Crippen LogP contribution in [0.25, 0.3) is 0 Å². The van der Waals surface area contributed by atoms with Crippen LogP contribution < -0.4 is 5.32 Å². The summed E-state index contributed by atoms with van der Waals surface area (Å²) in [6.45, 7) is 11.9. The van der Waals surface area contributed by atoms with Crippen molar-refractivity contribution in [3.63, 3.8) is 0 Å². The number of alkyl carbamates (subject to hydrolysis) is 1. The molecule has 0 aliphatic rings. The molecular formula is C16H35N2O2+. The number of hydrogen-bond acceptors (Lipinski definition) is 2. The van der Waals surface area contributed by atoms with Crippen LogP contribution in [0.2, 0.25) is 0 Å². The van der Waals surface area contributed by atoms with E-state index in [4.69, 9.17) is 4.74 Å². The lowest BCUT2D eigenvalue weighted by Crippen LogP contribution is -2.52. The van der Waals surface area contributed by atoms with Crippen LogP contribution >= 0.6 is 0 Å². The third-order valence-electron chi connectivity index (χ3n) is 3.96. The zero-order chi connectivity index (χ0) is 15.3. The SMILES string of the molecule is CCCC[N+](CCCC)(CCCC)CCOC(=O)NC. The molecule has 0 aromatic heterocycles. The number of carbonyl (C=O) groups excluding carboxylic acids is 1. The second kappa shape index (κ2) is 12.0. The second-order valence-electron chi connectivity index (χ2n) is 5.68. The monoisotopic (exact) mass is 287 g/mol. The Kier molecular flexibility index (Phi) is 11.5. The molecule has 0 radical (unpaired) electrons. The normalized spacial score (nSPS) is 11.4. The van der Waals surface area contributed by atoms with Crippen LogP contribution in [0.5, 0.6) is 0 Å². The number of nitrogens with one attached hydrogen (secondary N) is 1. The quantitative estimate of drug-likeness (QED) is 0.557. The maximum absolute atomic E-state index is 11.2. The third kappa shape index (κ3) is 8.41. The Labute approximate surface area is 125 Å². The van der Waals surface area contributed by atoms with Gasteiger partial charge in [0, 0.05) is 7.05 Å². The smallest absolute Gasteiger partial charge is 0.407 e. The number of ether oxygens (including phenoxy) is 1. The summed E-state index contributed by atoms with van der Waals surface area (Å²) in [4.78, 5) is 11.2. The zero-order valence-electron chi connectivity index (χ0n) is 14.0. The molecule has 0 fully saturated rings. The van der Waals surface area contributed by atoms with Gasteiger partial charge in [0.2, 0.25) is 0 Å². The Bertz CT molecular complexity index is 223. The van der Waals surface area contributed by atoms with Crippen molar-refractivity contribution in [2.45, 2.75) is 59.3 Å². The summed E-state index contributed by atoms with van der Waals surface area (Å²) in [6, 6.07) is 0. The fourth-order valence-electron chi connectivity index (χ4n) is 2.56. The number of hydrogen-bond donors (Lipinski definition) is 1. The predicted molar refractivity (Wildman–Crippen MR) is 84.9 cm³/mol. The first-order chi connectivity index (χ1) is 9.64. The van der Waals surface area contributed by atoms with Crippen LogP contribution in [0.15, 0.2) is 0 Å². The number of carbonyl (C=O) groups is 1. The van der Waals surface area contributed by atoms with Crippen molar-refractivity contribution in [3.8, 4) is 0 Å². The van der Waals surface area contributed by atoms with Crippen molar-refractivity contribution >= 4 is 6.09 Å². The zero-order valence-corrected chi connectivity index (χ0v) is 14.0. The first-order valence-electron chi connectivity index (χ1n) is 8.33. The molecule has 0 atom stereocenters. The molecule has 0 bridgehead atoms. The largest absolute Gasteiger partial charge is 0.444 e. The van der Waals surface area contributed by atoms with Crippen molar-refractivity contribution in [2.24, 2.45) is 0 Å². The highest BCUT2D eigenvalue weighted by molar-refractivity contribution is 5.66. The molecule has 4 heteroatoms. The number of unbranched alkanes of at least 4 members (excludes halogenated alkanes) is 3. The van der Waals surface area contributed by atoms with Crippen LogP contribution in [-0.4, -0.2) is 50.4 Å². The van der Waals surface area contributed by atoms with Gasteiger partial charge in [0.15, 0.2) is 0 Å². The Balaban J connectivity index is 4.52. The van der Waals surface area contributed by atoms with Gasteiger partial charge in [-0.05, 0) is 19.3 Å². The lowest BCUT2D eigenvalue weighted by molar-refractivity contribution is -0.929. The standard InChI is InChI=1S/C16H34N2O2/c1-5-8-11-18(12-9-6-2,13-10-7-3)14-15-20-16(19)17-4/h5-15H2,1-4H3/p+1. The van der Waals surface area contributed by atoms with E-state index in [1.807, 2.05) is 0 Å². The predicted octanol–water partition coefficient (Wildman–Crippen LogP) is 3.56. The molecule has 0 unspecified atom stereocenters. The van der Waals surface area contributed by atoms with Crippen molar-refractivity contribution in [1.82, 2.24) is 5.32 Å². The Morgan fingerprint density at radius 3 is 1.70 bits per heavy atom. The van der Waals surface area contributed by atoms with E-state index >= 15 is 0 Å². The summed E-state index contributed by atoms with van der Waals surface area (Å²) in [6.07, 6.45) is 7.15. The van der Waals surface area contributed by atoms with Crippen LogP contribution in [0.4, 0.5) is 4.79 Å². The van der Waals surface area contributed by atoms with Crippen LogP contribution in [-0.2, 0) is 4.74 Å². The molecule has 4 nitrogen and oxygen atoms in total. The van der Waals surface area contributed by atoms with Crippen LogP contribution in [0, 0.1) is 0 Å². The van der Waals surface area contributed by atoms with Crippen LogP contribution in [0.3, 0.4) is 0 Å². The molecule has 0 aromatic rings. The lowest BCUT2D eigenvalue weighted by Gasteiger charge is -2.39. The molecule has 0 spiro atoms. The molecule has 0 aliphatic carbocycles. The first-order valence-corrected chi connectivity index (χ1v) is 8.33. The fraction of sp³-hybridized carbons (Fsp3) is 0.938. The van der Waals surface area contributed by atoms with Gasteiger partial charge in [-0.15, -0.1) is 0 Å². The van der Waals surface area contributed by atoms with Gasteiger partial charge in [-0.25, -0.2) is 4.79 Å². The van der Waals surface area contributed by atoms with Gasteiger partial charge < -0.3 is 14.5 Å². The van der Waals surface area contributed by atoms with Gasteiger partial charge in [-0.3, -0.25) is 0 Å². The lowest BCUT2D eigenvalue weighted by atomic mass is 10.1. The molecule has 120 valence electrons. The average Bonchev–Trinajstić information content (AvgIpc) is 2.48.